The van der Waals surface area contributed by atoms with Crippen molar-refractivity contribution in [3.05, 3.63) is 47.0 Å². The number of esters is 2. The quantitative estimate of drug-likeness (QED) is 0.0746. The van der Waals surface area contributed by atoms with E-state index >= 15 is 0 Å². The fourth-order valence-electron chi connectivity index (χ4n) is 4.31. The van der Waals surface area contributed by atoms with Crippen LogP contribution in [0.3, 0.4) is 0 Å². The molecule has 2 atom stereocenters. The number of nitrogens with one attached hydrogen (secondary N) is 1. The van der Waals surface area contributed by atoms with E-state index in [2.05, 4.69) is 15.5 Å². The molecule has 1 aromatic carbocycles. The summed E-state index contributed by atoms with van der Waals surface area (Å²) in [5.74, 6) is -2.46. The van der Waals surface area contributed by atoms with E-state index in [4.69, 9.17) is 24.2 Å². The largest absolute Gasteiger partial charge is 0.466 e. The molecule has 3 rings (SSSR count). The number of unbranched alkanes of at least 4 members (excludes halogenated alkanes) is 1. The molecule has 1 saturated heterocycles. The van der Waals surface area contributed by atoms with E-state index in [0.29, 0.717) is 17.1 Å². The number of benzene rings is 1. The molecule has 1 aliphatic rings. The van der Waals surface area contributed by atoms with Crippen LogP contribution >= 0.6 is 11.3 Å². The molecule has 15 nitrogen and oxygen atoms in total. The summed E-state index contributed by atoms with van der Waals surface area (Å²) in [5.41, 5.74) is 5.04. The number of thiazole rings is 1. The zero-order valence-electron chi connectivity index (χ0n) is 28.6. The Morgan fingerprint density at radius 1 is 1.04 bits per heavy atom. The summed E-state index contributed by atoms with van der Waals surface area (Å²) >= 11 is 1.09. The highest BCUT2D eigenvalue weighted by molar-refractivity contribution is 7.85. The Kier molecular flexibility index (Phi) is 13.7. The third-order valence-electron chi connectivity index (χ3n) is 7.15. The number of aromatic nitrogens is 1. The van der Waals surface area contributed by atoms with E-state index in [1.165, 1.54) is 12.3 Å². The van der Waals surface area contributed by atoms with Gasteiger partial charge in [-0.1, -0.05) is 49.3 Å². The SMILES string of the molecule is C[C@H]1[C@H](NC(=O)/C(=N/OC(C)(C)C)c2csc(N)n2)C(=O)N1S(=O)(=O)OCC(C)(C)CCOC(=O)CCCCC(=O)OCc1ccccc1. The van der Waals surface area contributed by atoms with Crippen LogP contribution in [0.4, 0.5) is 5.13 Å². The van der Waals surface area contributed by atoms with Crippen molar-refractivity contribution in [2.24, 2.45) is 10.6 Å². The van der Waals surface area contributed by atoms with E-state index < -0.39 is 51.2 Å². The van der Waals surface area contributed by atoms with Gasteiger partial charge >= 0.3 is 22.2 Å². The van der Waals surface area contributed by atoms with Gasteiger partial charge in [0.15, 0.2) is 10.8 Å². The van der Waals surface area contributed by atoms with Crippen LogP contribution in [-0.2, 0) is 54.6 Å². The lowest BCUT2D eigenvalue weighted by molar-refractivity contribution is -0.147. The van der Waals surface area contributed by atoms with Crippen molar-refractivity contribution in [3.63, 3.8) is 0 Å². The molecule has 0 saturated carbocycles. The van der Waals surface area contributed by atoms with Crippen LogP contribution in [0, 0.1) is 5.41 Å². The molecule has 0 spiro atoms. The molecule has 3 N–H and O–H groups in total. The number of nitrogen functional groups attached to an aromatic ring is 1. The minimum absolute atomic E-state index is 0.0228. The van der Waals surface area contributed by atoms with Gasteiger partial charge in [0.05, 0.1) is 19.3 Å². The predicted molar refractivity (Wildman–Crippen MR) is 181 cm³/mol. The van der Waals surface area contributed by atoms with Crippen LogP contribution in [0.25, 0.3) is 0 Å². The van der Waals surface area contributed by atoms with Crippen molar-refractivity contribution in [2.45, 2.75) is 97.9 Å². The summed E-state index contributed by atoms with van der Waals surface area (Å²) in [6.07, 6.45) is 1.51. The molecule has 2 aromatic rings. The summed E-state index contributed by atoms with van der Waals surface area (Å²) in [5, 5.41) is 8.12. The molecule has 0 radical (unpaired) electrons. The van der Waals surface area contributed by atoms with Crippen LogP contribution in [-0.4, -0.2) is 78.1 Å². The second kappa shape index (κ2) is 17.0. The van der Waals surface area contributed by atoms with Gasteiger partial charge < -0.3 is 25.4 Å². The van der Waals surface area contributed by atoms with E-state index in [0.717, 1.165) is 16.9 Å². The molecule has 0 aliphatic carbocycles. The number of rotatable bonds is 18. The number of carbonyl (C=O) groups is 4. The first kappa shape index (κ1) is 39.3. The molecule has 0 unspecified atom stereocenters. The smallest absolute Gasteiger partial charge is 0.365 e. The van der Waals surface area contributed by atoms with Crippen molar-refractivity contribution in [2.75, 3.05) is 18.9 Å². The van der Waals surface area contributed by atoms with Gasteiger partial charge in [0, 0.05) is 18.2 Å². The zero-order chi connectivity index (χ0) is 36.4. The first-order valence-corrected chi connectivity index (χ1v) is 18.0. The van der Waals surface area contributed by atoms with E-state index in [9.17, 15) is 27.6 Å². The second-order valence-electron chi connectivity index (χ2n) is 13.2. The third-order valence-corrected chi connectivity index (χ3v) is 9.23. The third kappa shape index (κ3) is 12.4. The number of ether oxygens (including phenoxy) is 2. The van der Waals surface area contributed by atoms with Crippen LogP contribution in [0.1, 0.15) is 84.9 Å². The van der Waals surface area contributed by atoms with E-state index in [-0.39, 0.29) is 61.6 Å². The second-order valence-corrected chi connectivity index (χ2v) is 15.6. The Bertz CT molecular complexity index is 1600. The summed E-state index contributed by atoms with van der Waals surface area (Å²) in [6, 6.07) is 7.20. The average Bonchev–Trinajstić information content (AvgIpc) is 3.45. The van der Waals surface area contributed by atoms with Gasteiger partial charge in [-0.3, -0.25) is 23.4 Å². The normalized spacial score (nSPS) is 16.9. The van der Waals surface area contributed by atoms with Gasteiger partial charge in [0.2, 0.25) is 0 Å². The molecule has 49 heavy (non-hydrogen) atoms. The Balaban J connectivity index is 1.39. The Hall–Kier alpha value is -4.09. The number of nitrogens with zero attached hydrogens (tertiary/aromatic N) is 3. The van der Waals surface area contributed by atoms with Gasteiger partial charge in [-0.25, -0.2) is 9.29 Å². The summed E-state index contributed by atoms with van der Waals surface area (Å²) in [4.78, 5) is 59.5. The van der Waals surface area contributed by atoms with Gasteiger partial charge in [0.25, 0.3) is 11.8 Å². The van der Waals surface area contributed by atoms with E-state index in [1.807, 2.05) is 30.3 Å². The minimum Gasteiger partial charge on any atom is -0.466 e. The Morgan fingerprint density at radius 2 is 1.67 bits per heavy atom. The van der Waals surface area contributed by atoms with Crippen molar-refractivity contribution in [1.82, 2.24) is 14.6 Å². The highest BCUT2D eigenvalue weighted by Crippen LogP contribution is 2.28. The summed E-state index contributed by atoms with van der Waals surface area (Å²) < 4.78 is 42.2. The number of anilines is 1. The first-order chi connectivity index (χ1) is 22.9. The minimum atomic E-state index is -4.50. The molecule has 1 fully saturated rings. The Labute approximate surface area is 290 Å². The molecule has 0 bridgehead atoms. The van der Waals surface area contributed by atoms with Crippen LogP contribution < -0.4 is 11.1 Å². The molecule has 270 valence electrons. The van der Waals surface area contributed by atoms with Crippen LogP contribution in [0.5, 0.6) is 0 Å². The monoisotopic (exact) mass is 723 g/mol. The molecule has 17 heteroatoms. The lowest BCUT2D eigenvalue weighted by Crippen LogP contribution is -2.71. The van der Waals surface area contributed by atoms with Gasteiger partial charge in [-0.15, -0.1) is 11.3 Å². The number of hydrogen-bond donors (Lipinski definition) is 2. The zero-order valence-corrected chi connectivity index (χ0v) is 30.2. The fraction of sp³-hybridized carbons (Fsp3) is 0.562. The number of β-lactam (4-membered cyclic amide) rings is 1. The molecular weight excluding hydrogens is 679 g/mol. The lowest BCUT2D eigenvalue weighted by Gasteiger charge is -2.43. The topological polar surface area (TPSA) is 206 Å². The standard InChI is InChI=1S/C32H45N5O10S2/c1-21-26(35-28(40)27(36-47-31(2,3)4)23-19-48-30(33)34-23)29(41)37(21)49(42,43)46-20-32(5,6)16-17-44-24(38)14-10-11-15-25(39)45-18-22-12-8-7-9-13-22/h7-9,12-13,19,21,26H,10-11,14-18,20H2,1-6H3,(H2,33,34)(H,35,40)/b36-27+/t21-,26-/m0/s1. The van der Waals surface area contributed by atoms with E-state index in [1.54, 1.807) is 34.6 Å². The van der Waals surface area contributed by atoms with Crippen LogP contribution in [0.2, 0.25) is 0 Å². The van der Waals surface area contributed by atoms with Gasteiger partial charge in [0.1, 0.15) is 23.9 Å². The van der Waals surface area contributed by atoms with Gasteiger partial charge in [-0.2, -0.15) is 8.42 Å². The number of hydrogen-bond acceptors (Lipinski definition) is 14. The number of carbonyl (C=O) groups excluding carboxylic acids is 4. The summed E-state index contributed by atoms with van der Waals surface area (Å²) in [6.45, 7) is 10.0. The fourth-order valence-corrected chi connectivity index (χ4v) is 6.30. The average molecular weight is 724 g/mol. The number of amides is 2. The van der Waals surface area contributed by atoms with Crippen molar-refractivity contribution >= 4 is 56.2 Å². The highest BCUT2D eigenvalue weighted by atomic mass is 32.2. The van der Waals surface area contributed by atoms with Crippen molar-refractivity contribution in [3.8, 4) is 0 Å². The number of oxime groups is 1. The van der Waals surface area contributed by atoms with Crippen LogP contribution in [0.15, 0.2) is 40.9 Å². The maximum Gasteiger partial charge on any atom is 0.365 e. The summed E-state index contributed by atoms with van der Waals surface area (Å²) in [7, 11) is -4.50. The van der Waals surface area contributed by atoms with Crippen molar-refractivity contribution < 1.29 is 46.1 Å². The predicted octanol–water partition coefficient (Wildman–Crippen LogP) is 3.48. The van der Waals surface area contributed by atoms with Gasteiger partial charge in [-0.05, 0) is 57.9 Å². The number of nitrogens with two attached hydrogens (primary N) is 1. The molecular formula is C32H45N5O10S2. The lowest BCUT2D eigenvalue weighted by atomic mass is 9.91. The first-order valence-electron chi connectivity index (χ1n) is 15.7. The van der Waals surface area contributed by atoms with Crippen molar-refractivity contribution in [1.29, 1.82) is 0 Å². The highest BCUT2D eigenvalue weighted by Gasteiger charge is 2.53. The molecule has 2 heterocycles. The molecule has 1 aromatic heterocycles. The molecule has 1 aliphatic heterocycles. The maximum atomic E-state index is 13.1. The molecule has 2 amide bonds. The Morgan fingerprint density at radius 3 is 2.24 bits per heavy atom. The maximum absolute atomic E-state index is 13.1.